The average molecular weight is 294 g/mol. The van der Waals surface area contributed by atoms with Crippen LogP contribution >= 0.6 is 23.5 Å². The number of aliphatic imine (C=N–C) groups is 4. The van der Waals surface area contributed by atoms with Crippen LogP contribution in [0.25, 0.3) is 0 Å². The van der Waals surface area contributed by atoms with Crippen molar-refractivity contribution >= 4 is 46.6 Å². The lowest BCUT2D eigenvalue weighted by atomic mass is 10.3. The normalized spacial score (nSPS) is 25.6. The second-order valence-electron chi connectivity index (χ2n) is 3.81. The number of amidine groups is 2. The van der Waals surface area contributed by atoms with Crippen molar-refractivity contribution in [2.24, 2.45) is 20.0 Å². The van der Waals surface area contributed by atoms with Gasteiger partial charge in [0.2, 0.25) is 0 Å². The van der Waals surface area contributed by atoms with Gasteiger partial charge in [0.25, 0.3) is 0 Å². The van der Waals surface area contributed by atoms with Crippen LogP contribution in [0.2, 0.25) is 0 Å². The van der Waals surface area contributed by atoms with E-state index in [1.807, 2.05) is 45.4 Å². The number of thioether (sulfide) groups is 2. The van der Waals surface area contributed by atoms with Crippen molar-refractivity contribution < 1.29 is 0 Å². The molecule has 0 unspecified atom stereocenters. The molecule has 0 amide bonds. The molecule has 0 aromatic rings. The van der Waals surface area contributed by atoms with Gasteiger partial charge in [-0.2, -0.15) is 0 Å². The quantitative estimate of drug-likeness (QED) is 0.739. The van der Waals surface area contributed by atoms with Gasteiger partial charge in [-0.05, 0) is 51.0 Å². The Morgan fingerprint density at radius 1 is 0.895 bits per heavy atom. The molecule has 1 rings (SSSR count). The molecule has 0 saturated carbocycles. The van der Waals surface area contributed by atoms with E-state index in [4.69, 9.17) is 0 Å². The second kappa shape index (κ2) is 8.12. The van der Waals surface area contributed by atoms with Crippen LogP contribution < -0.4 is 0 Å². The SMILES string of the molecule is CSC1=NC(C)=NC=N/C(C)=N/C(SC)=C\C(C)=C\1. The Labute approximate surface area is 123 Å². The van der Waals surface area contributed by atoms with Crippen LogP contribution in [0.3, 0.4) is 0 Å². The number of nitrogens with zero attached hydrogens (tertiary/aromatic N) is 4. The zero-order valence-electron chi connectivity index (χ0n) is 11.8. The maximum absolute atomic E-state index is 4.44. The van der Waals surface area contributed by atoms with Crippen molar-refractivity contribution in [3.05, 3.63) is 22.8 Å². The highest BCUT2D eigenvalue weighted by Crippen LogP contribution is 2.17. The molecule has 0 aromatic heterocycles. The summed E-state index contributed by atoms with van der Waals surface area (Å²) in [5.41, 5.74) is 1.10. The molecular formula is C13H18N4S2. The number of hydrogen-bond acceptors (Lipinski definition) is 6. The highest BCUT2D eigenvalue weighted by molar-refractivity contribution is 8.13. The molecule has 0 atom stereocenters. The predicted octanol–water partition coefficient (Wildman–Crippen LogP) is 3.78. The Balaban J connectivity index is 3.28. The molecule has 0 bridgehead atoms. The Bertz CT molecular complexity index is 509. The molecule has 1 heterocycles. The average Bonchev–Trinajstić information content (AvgIpc) is 2.35. The molecular weight excluding hydrogens is 276 g/mol. The summed E-state index contributed by atoms with van der Waals surface area (Å²) in [6, 6.07) is 0. The summed E-state index contributed by atoms with van der Waals surface area (Å²) in [7, 11) is 0. The van der Waals surface area contributed by atoms with E-state index in [1.165, 1.54) is 6.34 Å². The van der Waals surface area contributed by atoms with Crippen LogP contribution in [-0.4, -0.2) is 35.6 Å². The maximum atomic E-state index is 4.44. The van der Waals surface area contributed by atoms with Gasteiger partial charge in [-0.3, -0.25) is 0 Å². The molecule has 0 saturated heterocycles. The molecule has 1 aliphatic heterocycles. The maximum Gasteiger partial charge on any atom is 0.128 e. The fraction of sp³-hybridized carbons (Fsp3) is 0.385. The molecule has 0 aromatic carbocycles. The molecule has 0 N–H and O–H groups in total. The number of rotatable bonds is 1. The molecule has 0 aliphatic carbocycles. The van der Waals surface area contributed by atoms with Crippen molar-refractivity contribution in [3.63, 3.8) is 0 Å². The molecule has 0 fully saturated rings. The van der Waals surface area contributed by atoms with Gasteiger partial charge in [0.05, 0.1) is 10.1 Å². The lowest BCUT2D eigenvalue weighted by molar-refractivity contribution is 1.39. The summed E-state index contributed by atoms with van der Waals surface area (Å²) < 4.78 is 0. The summed E-state index contributed by atoms with van der Waals surface area (Å²) in [6.07, 6.45) is 9.55. The van der Waals surface area contributed by atoms with E-state index in [-0.39, 0.29) is 0 Å². The van der Waals surface area contributed by atoms with Crippen LogP contribution in [0, 0.1) is 0 Å². The van der Waals surface area contributed by atoms with E-state index in [0.29, 0.717) is 11.7 Å². The molecule has 0 spiro atoms. The Morgan fingerprint density at radius 3 is 2.26 bits per heavy atom. The van der Waals surface area contributed by atoms with Crippen molar-refractivity contribution in [2.45, 2.75) is 20.8 Å². The van der Waals surface area contributed by atoms with Gasteiger partial charge in [-0.1, -0.05) is 0 Å². The van der Waals surface area contributed by atoms with E-state index in [9.17, 15) is 0 Å². The smallest absolute Gasteiger partial charge is 0.128 e. The van der Waals surface area contributed by atoms with E-state index in [2.05, 4.69) is 20.0 Å². The molecule has 4 nitrogen and oxygen atoms in total. The van der Waals surface area contributed by atoms with E-state index >= 15 is 0 Å². The minimum absolute atomic E-state index is 0.680. The summed E-state index contributed by atoms with van der Waals surface area (Å²) >= 11 is 3.18. The summed E-state index contributed by atoms with van der Waals surface area (Å²) in [4.78, 5) is 17.2. The van der Waals surface area contributed by atoms with E-state index in [0.717, 1.165) is 15.6 Å². The zero-order chi connectivity index (χ0) is 14.3. The van der Waals surface area contributed by atoms with Gasteiger partial charge in [-0.15, -0.1) is 23.5 Å². The largest absolute Gasteiger partial charge is 0.227 e. The first kappa shape index (κ1) is 15.9. The third-order valence-electron chi connectivity index (χ3n) is 2.15. The number of allylic oxidation sites excluding steroid dienone is 2. The van der Waals surface area contributed by atoms with Crippen LogP contribution in [0.4, 0.5) is 0 Å². The minimum atomic E-state index is 0.680. The standard InChI is InChI=1S/C13H18N4S2/c1-9-6-12(18-4)16-10(2)14-8-15-11(3)17-13(7-9)19-5/h6-8H,1-5H3/b9-6+,9-7?,12-6?,13-7+,14-8?,14-10?,15-8?,15-11?,16-10?,16-12?,17-11+,17-13?. The van der Waals surface area contributed by atoms with Crippen molar-refractivity contribution in [1.29, 1.82) is 0 Å². The summed E-state index contributed by atoms with van der Waals surface area (Å²) in [5.74, 6) is 1.36. The van der Waals surface area contributed by atoms with Crippen LogP contribution in [0.15, 0.2) is 42.7 Å². The fourth-order valence-corrected chi connectivity index (χ4v) is 2.33. The van der Waals surface area contributed by atoms with Crippen LogP contribution in [0.5, 0.6) is 0 Å². The predicted molar refractivity (Wildman–Crippen MR) is 91.0 cm³/mol. The van der Waals surface area contributed by atoms with Gasteiger partial charge in [0.15, 0.2) is 0 Å². The molecule has 102 valence electrons. The third kappa shape index (κ3) is 6.02. The fourth-order valence-electron chi connectivity index (χ4n) is 1.28. The highest BCUT2D eigenvalue weighted by atomic mass is 32.2. The first-order chi connectivity index (χ1) is 9.05. The second-order valence-corrected chi connectivity index (χ2v) is 5.46. The van der Waals surface area contributed by atoms with Gasteiger partial charge >= 0.3 is 0 Å². The highest BCUT2D eigenvalue weighted by Gasteiger charge is 1.99. The lowest BCUT2D eigenvalue weighted by Gasteiger charge is -2.02. The van der Waals surface area contributed by atoms with Crippen LogP contribution in [-0.2, 0) is 0 Å². The summed E-state index contributed by atoms with van der Waals surface area (Å²) in [6.45, 7) is 5.74. The molecule has 0 radical (unpaired) electrons. The summed E-state index contributed by atoms with van der Waals surface area (Å²) in [5, 5.41) is 1.84. The van der Waals surface area contributed by atoms with Gasteiger partial charge in [-0.25, -0.2) is 20.0 Å². The van der Waals surface area contributed by atoms with Gasteiger partial charge < -0.3 is 0 Å². The van der Waals surface area contributed by atoms with Crippen LogP contribution in [0.1, 0.15) is 20.8 Å². The van der Waals surface area contributed by atoms with Gasteiger partial charge in [0.1, 0.15) is 18.0 Å². The number of hydrogen-bond donors (Lipinski definition) is 0. The van der Waals surface area contributed by atoms with Crippen molar-refractivity contribution in [3.8, 4) is 0 Å². The topological polar surface area (TPSA) is 49.4 Å². The van der Waals surface area contributed by atoms with Gasteiger partial charge in [0, 0.05) is 0 Å². The third-order valence-corrected chi connectivity index (χ3v) is 3.41. The molecule has 19 heavy (non-hydrogen) atoms. The Hall–Kier alpha value is -1.14. The first-order valence-electron chi connectivity index (χ1n) is 5.74. The zero-order valence-corrected chi connectivity index (χ0v) is 13.5. The first-order valence-corrected chi connectivity index (χ1v) is 8.19. The Morgan fingerprint density at radius 2 is 1.63 bits per heavy atom. The van der Waals surface area contributed by atoms with E-state index < -0.39 is 0 Å². The van der Waals surface area contributed by atoms with Crippen molar-refractivity contribution in [1.82, 2.24) is 0 Å². The van der Waals surface area contributed by atoms with Crippen molar-refractivity contribution in [2.75, 3.05) is 12.5 Å². The lowest BCUT2D eigenvalue weighted by Crippen LogP contribution is -1.96. The molecule has 6 heteroatoms. The Kier molecular flexibility index (Phi) is 6.80. The molecule has 1 aliphatic rings. The monoisotopic (exact) mass is 294 g/mol. The minimum Gasteiger partial charge on any atom is -0.227 e. The van der Waals surface area contributed by atoms with E-state index in [1.54, 1.807) is 23.5 Å².